The van der Waals surface area contributed by atoms with E-state index in [2.05, 4.69) is 48.8 Å². The highest BCUT2D eigenvalue weighted by Crippen LogP contribution is 2.28. The molecular formula is C21H14BrIN2O3. The first-order chi connectivity index (χ1) is 13.5. The van der Waals surface area contributed by atoms with E-state index < -0.39 is 0 Å². The lowest BCUT2D eigenvalue weighted by Crippen LogP contribution is -2.13. The number of methoxy groups -OCH3 is 1. The van der Waals surface area contributed by atoms with Gasteiger partial charge >= 0.3 is 0 Å². The first-order valence-electron chi connectivity index (χ1n) is 8.35. The van der Waals surface area contributed by atoms with Gasteiger partial charge < -0.3 is 14.5 Å². The van der Waals surface area contributed by atoms with Gasteiger partial charge in [-0.2, -0.15) is 0 Å². The topological polar surface area (TPSA) is 64.4 Å². The van der Waals surface area contributed by atoms with Gasteiger partial charge in [-0.15, -0.1) is 0 Å². The molecule has 3 aromatic carbocycles. The van der Waals surface area contributed by atoms with Crippen molar-refractivity contribution in [1.29, 1.82) is 0 Å². The zero-order valence-electron chi connectivity index (χ0n) is 14.7. The molecule has 1 heterocycles. The predicted octanol–water partition coefficient (Wildman–Crippen LogP) is 6.12. The Bertz CT molecular complexity index is 1170. The van der Waals surface area contributed by atoms with Gasteiger partial charge in [0.25, 0.3) is 5.91 Å². The summed E-state index contributed by atoms with van der Waals surface area (Å²) in [5.41, 5.74) is 3.44. The Labute approximate surface area is 183 Å². The minimum Gasteiger partial charge on any atom is -0.497 e. The van der Waals surface area contributed by atoms with Crippen LogP contribution in [0.5, 0.6) is 5.75 Å². The van der Waals surface area contributed by atoms with Crippen LogP contribution >= 0.6 is 38.5 Å². The van der Waals surface area contributed by atoms with E-state index in [9.17, 15) is 4.79 Å². The number of rotatable bonds is 4. The summed E-state index contributed by atoms with van der Waals surface area (Å²) in [7, 11) is 1.62. The maximum Gasteiger partial charge on any atom is 0.256 e. The molecule has 1 N–H and O–H groups in total. The molecule has 0 saturated heterocycles. The summed E-state index contributed by atoms with van der Waals surface area (Å²) in [6, 6.07) is 18.5. The molecule has 0 bridgehead atoms. The third kappa shape index (κ3) is 3.90. The van der Waals surface area contributed by atoms with Gasteiger partial charge in [-0.3, -0.25) is 4.79 Å². The fraction of sp³-hybridized carbons (Fsp3) is 0.0476. The van der Waals surface area contributed by atoms with Gasteiger partial charge in [-0.25, -0.2) is 4.98 Å². The van der Waals surface area contributed by atoms with Gasteiger partial charge in [0.05, 0.1) is 12.7 Å². The van der Waals surface area contributed by atoms with Gasteiger partial charge in [0, 0.05) is 19.3 Å². The fourth-order valence-electron chi connectivity index (χ4n) is 2.73. The van der Waals surface area contributed by atoms with Crippen molar-refractivity contribution in [2.24, 2.45) is 0 Å². The standard InChI is InChI=1S/C21H14BrIN2O3/c1-27-15-6-2-12(3-7-15)21-25-18-11-14(5-9-19(18)28-21)24-20(26)16-10-13(22)4-8-17(16)23/h2-11H,1H3,(H,24,26). The summed E-state index contributed by atoms with van der Waals surface area (Å²) < 4.78 is 12.7. The Morgan fingerprint density at radius 1 is 1.11 bits per heavy atom. The molecule has 0 unspecified atom stereocenters. The van der Waals surface area contributed by atoms with Crippen LogP contribution in [0.2, 0.25) is 0 Å². The number of hydrogen-bond acceptors (Lipinski definition) is 4. The summed E-state index contributed by atoms with van der Waals surface area (Å²) in [5.74, 6) is 1.11. The molecule has 4 rings (SSSR count). The van der Waals surface area contributed by atoms with Crippen LogP contribution in [0.25, 0.3) is 22.6 Å². The molecule has 4 aromatic rings. The highest BCUT2D eigenvalue weighted by atomic mass is 127. The van der Waals surface area contributed by atoms with Crippen LogP contribution in [0.4, 0.5) is 5.69 Å². The molecule has 7 heteroatoms. The summed E-state index contributed by atoms with van der Waals surface area (Å²) in [6.45, 7) is 0. The Morgan fingerprint density at radius 3 is 2.64 bits per heavy atom. The Kier molecular flexibility index (Phi) is 5.36. The maximum atomic E-state index is 12.6. The SMILES string of the molecule is COc1ccc(-c2nc3cc(NC(=O)c4cc(Br)ccc4I)ccc3o2)cc1. The number of amides is 1. The number of fused-ring (bicyclic) bond motifs is 1. The fourth-order valence-corrected chi connectivity index (χ4v) is 3.67. The monoisotopic (exact) mass is 548 g/mol. The third-order valence-corrected chi connectivity index (χ3v) is 5.59. The number of hydrogen-bond donors (Lipinski definition) is 1. The van der Waals surface area contributed by atoms with E-state index in [1.165, 1.54) is 0 Å². The highest BCUT2D eigenvalue weighted by Gasteiger charge is 2.13. The van der Waals surface area contributed by atoms with E-state index in [-0.39, 0.29) is 5.91 Å². The molecule has 0 aliphatic carbocycles. The molecule has 0 spiro atoms. The molecule has 1 aromatic heterocycles. The molecular weight excluding hydrogens is 535 g/mol. The summed E-state index contributed by atoms with van der Waals surface area (Å²) in [4.78, 5) is 17.2. The number of aromatic nitrogens is 1. The average Bonchev–Trinajstić information content (AvgIpc) is 3.13. The number of halogens is 2. The van der Waals surface area contributed by atoms with E-state index in [1.807, 2.05) is 36.4 Å². The molecule has 5 nitrogen and oxygen atoms in total. The van der Waals surface area contributed by atoms with Crippen LogP contribution in [-0.4, -0.2) is 18.0 Å². The van der Waals surface area contributed by atoms with E-state index in [4.69, 9.17) is 9.15 Å². The second-order valence-corrected chi connectivity index (χ2v) is 8.09. The maximum absolute atomic E-state index is 12.6. The van der Waals surface area contributed by atoms with Crippen molar-refractivity contribution in [3.8, 4) is 17.2 Å². The minimum atomic E-state index is -0.177. The van der Waals surface area contributed by atoms with Crippen molar-refractivity contribution in [1.82, 2.24) is 4.98 Å². The second kappa shape index (κ2) is 7.92. The van der Waals surface area contributed by atoms with Gasteiger partial charge in [-0.1, -0.05) is 15.9 Å². The lowest BCUT2D eigenvalue weighted by molar-refractivity contribution is 0.102. The summed E-state index contributed by atoms with van der Waals surface area (Å²) in [5, 5.41) is 2.92. The minimum absolute atomic E-state index is 0.177. The Balaban J connectivity index is 1.60. The molecule has 28 heavy (non-hydrogen) atoms. The number of nitrogens with one attached hydrogen (secondary N) is 1. The summed E-state index contributed by atoms with van der Waals surface area (Å²) >= 11 is 5.55. The zero-order valence-corrected chi connectivity index (χ0v) is 18.4. The van der Waals surface area contributed by atoms with Crippen molar-refractivity contribution < 1.29 is 13.9 Å². The van der Waals surface area contributed by atoms with E-state index >= 15 is 0 Å². The molecule has 0 saturated carbocycles. The van der Waals surface area contributed by atoms with Crippen LogP contribution in [0, 0.1) is 3.57 Å². The second-order valence-electron chi connectivity index (χ2n) is 6.01. The average molecular weight is 549 g/mol. The number of benzene rings is 3. The van der Waals surface area contributed by atoms with Crippen molar-refractivity contribution in [2.45, 2.75) is 0 Å². The normalized spacial score (nSPS) is 10.8. The molecule has 0 radical (unpaired) electrons. The lowest BCUT2D eigenvalue weighted by Gasteiger charge is -2.07. The van der Waals surface area contributed by atoms with E-state index in [0.29, 0.717) is 28.2 Å². The number of oxazole rings is 1. The van der Waals surface area contributed by atoms with Gasteiger partial charge in [-0.05, 0) is 83.3 Å². The third-order valence-electron chi connectivity index (χ3n) is 4.16. The first-order valence-corrected chi connectivity index (χ1v) is 10.2. The van der Waals surface area contributed by atoms with Crippen molar-refractivity contribution in [2.75, 3.05) is 12.4 Å². The van der Waals surface area contributed by atoms with Crippen LogP contribution in [0.15, 0.2) is 69.6 Å². The number of anilines is 1. The molecule has 0 atom stereocenters. The number of ether oxygens (including phenoxy) is 1. The Hall–Kier alpha value is -2.39. The largest absolute Gasteiger partial charge is 0.497 e. The van der Waals surface area contributed by atoms with Crippen LogP contribution in [0.3, 0.4) is 0 Å². The van der Waals surface area contributed by atoms with Crippen molar-refractivity contribution in [3.05, 3.63) is 74.3 Å². The molecule has 0 aliphatic heterocycles. The van der Waals surface area contributed by atoms with Gasteiger partial charge in [0.15, 0.2) is 5.58 Å². The molecule has 1 amide bonds. The first kappa shape index (κ1) is 18.9. The number of nitrogens with zero attached hydrogens (tertiary/aromatic N) is 1. The lowest BCUT2D eigenvalue weighted by atomic mass is 10.2. The summed E-state index contributed by atoms with van der Waals surface area (Å²) in [6.07, 6.45) is 0. The van der Waals surface area contributed by atoms with E-state index in [0.717, 1.165) is 19.4 Å². The molecule has 140 valence electrons. The highest BCUT2D eigenvalue weighted by molar-refractivity contribution is 14.1. The zero-order chi connectivity index (χ0) is 19.7. The number of carbonyl (C=O) groups is 1. The van der Waals surface area contributed by atoms with Crippen LogP contribution in [0.1, 0.15) is 10.4 Å². The quantitative estimate of drug-likeness (QED) is 0.312. The number of carbonyl (C=O) groups excluding carboxylic acids is 1. The van der Waals surface area contributed by atoms with Crippen LogP contribution in [-0.2, 0) is 0 Å². The van der Waals surface area contributed by atoms with Gasteiger partial charge in [0.2, 0.25) is 5.89 Å². The predicted molar refractivity (Wildman–Crippen MR) is 121 cm³/mol. The smallest absolute Gasteiger partial charge is 0.256 e. The van der Waals surface area contributed by atoms with Gasteiger partial charge in [0.1, 0.15) is 11.3 Å². The van der Waals surface area contributed by atoms with Crippen molar-refractivity contribution >= 4 is 61.2 Å². The molecule has 0 fully saturated rings. The Morgan fingerprint density at radius 2 is 1.89 bits per heavy atom. The molecule has 0 aliphatic rings. The van der Waals surface area contributed by atoms with Crippen LogP contribution < -0.4 is 10.1 Å². The van der Waals surface area contributed by atoms with E-state index in [1.54, 1.807) is 31.4 Å². The van der Waals surface area contributed by atoms with Crippen molar-refractivity contribution in [3.63, 3.8) is 0 Å².